The summed E-state index contributed by atoms with van der Waals surface area (Å²) in [6.07, 6.45) is 1.08. The molecular weight excluding hydrogens is 266 g/mol. The van der Waals surface area contributed by atoms with Crippen molar-refractivity contribution < 1.29 is 9.59 Å². The van der Waals surface area contributed by atoms with E-state index in [0.717, 1.165) is 5.56 Å². The molecular formula is C16H25N3O2. The van der Waals surface area contributed by atoms with E-state index < -0.39 is 5.41 Å². The minimum Gasteiger partial charge on any atom is -0.329 e. The van der Waals surface area contributed by atoms with Gasteiger partial charge >= 0.3 is 0 Å². The van der Waals surface area contributed by atoms with Crippen LogP contribution in [0.2, 0.25) is 0 Å². The number of carbonyl (C=O) groups is 2. The Morgan fingerprint density at radius 2 is 1.76 bits per heavy atom. The van der Waals surface area contributed by atoms with Gasteiger partial charge in [0, 0.05) is 24.3 Å². The zero-order valence-corrected chi connectivity index (χ0v) is 13.2. The van der Waals surface area contributed by atoms with Gasteiger partial charge in [0.05, 0.1) is 5.41 Å². The summed E-state index contributed by atoms with van der Waals surface area (Å²) in [5.74, 6) is -0.156. The van der Waals surface area contributed by atoms with Gasteiger partial charge in [-0.25, -0.2) is 0 Å². The van der Waals surface area contributed by atoms with Gasteiger partial charge in [0.25, 0.3) is 0 Å². The Bertz CT molecular complexity index is 522. The summed E-state index contributed by atoms with van der Waals surface area (Å²) in [6.45, 7) is 7.75. The molecule has 0 heterocycles. The lowest BCUT2D eigenvalue weighted by Crippen LogP contribution is -2.39. The number of nitrogens with one attached hydrogen (secondary N) is 2. The third-order valence-corrected chi connectivity index (χ3v) is 3.96. The summed E-state index contributed by atoms with van der Waals surface area (Å²) in [5, 5.41) is 5.74. The number of hydrogen-bond acceptors (Lipinski definition) is 3. The molecule has 1 aromatic carbocycles. The summed E-state index contributed by atoms with van der Waals surface area (Å²) in [6, 6.07) is 5.45. The molecule has 0 fully saturated rings. The molecule has 0 bridgehead atoms. The first-order chi connectivity index (χ1) is 9.87. The van der Waals surface area contributed by atoms with Crippen molar-refractivity contribution in [1.82, 2.24) is 0 Å². The fourth-order valence-electron chi connectivity index (χ4n) is 1.82. The predicted octanol–water partition coefficient (Wildman–Crippen LogP) is 2.66. The quantitative estimate of drug-likeness (QED) is 0.753. The summed E-state index contributed by atoms with van der Waals surface area (Å²) in [4.78, 5) is 23.9. The fraction of sp³-hybridized carbons (Fsp3) is 0.500. The number of nitrogens with two attached hydrogens (primary N) is 1. The van der Waals surface area contributed by atoms with Crippen LogP contribution in [-0.4, -0.2) is 18.4 Å². The van der Waals surface area contributed by atoms with E-state index in [1.165, 1.54) is 0 Å². The molecule has 0 aromatic heterocycles. The summed E-state index contributed by atoms with van der Waals surface area (Å²) in [7, 11) is 0. The maximum Gasteiger partial charge on any atom is 0.231 e. The van der Waals surface area contributed by atoms with Gasteiger partial charge in [0.2, 0.25) is 11.8 Å². The van der Waals surface area contributed by atoms with Crippen LogP contribution in [0.25, 0.3) is 0 Å². The lowest BCUT2D eigenvalue weighted by Gasteiger charge is -2.25. The molecule has 0 radical (unpaired) electrons. The Labute approximate surface area is 126 Å². The maximum atomic E-state index is 12.4. The Morgan fingerprint density at radius 3 is 2.24 bits per heavy atom. The second-order valence-corrected chi connectivity index (χ2v) is 5.45. The van der Waals surface area contributed by atoms with E-state index in [0.29, 0.717) is 30.8 Å². The summed E-state index contributed by atoms with van der Waals surface area (Å²) < 4.78 is 0. The standard InChI is InChI=1S/C16H25N3O2/c1-5-14(20)18-12-8-7-9-13(11(12)3)19-15(21)16(4,6-2)10-17/h7-9H,5-6,10,17H2,1-4H3,(H,18,20)(H,19,21). The van der Waals surface area contributed by atoms with Gasteiger partial charge in [-0.15, -0.1) is 0 Å². The maximum absolute atomic E-state index is 12.4. The van der Waals surface area contributed by atoms with Crippen LogP contribution < -0.4 is 16.4 Å². The smallest absolute Gasteiger partial charge is 0.231 e. The SMILES string of the molecule is CCC(=O)Nc1cccc(NC(=O)C(C)(CC)CN)c1C. The van der Waals surface area contributed by atoms with Gasteiger partial charge in [-0.1, -0.05) is 19.9 Å². The zero-order chi connectivity index (χ0) is 16.0. The highest BCUT2D eigenvalue weighted by Gasteiger charge is 2.30. The largest absolute Gasteiger partial charge is 0.329 e. The molecule has 0 aliphatic heterocycles. The van der Waals surface area contributed by atoms with E-state index >= 15 is 0 Å². The summed E-state index contributed by atoms with van der Waals surface area (Å²) >= 11 is 0. The molecule has 1 rings (SSSR count). The molecule has 0 aliphatic carbocycles. The Morgan fingerprint density at radius 1 is 1.19 bits per heavy atom. The number of amides is 2. The van der Waals surface area contributed by atoms with Crippen molar-refractivity contribution in [2.45, 2.75) is 40.5 Å². The van der Waals surface area contributed by atoms with E-state index in [2.05, 4.69) is 10.6 Å². The molecule has 0 spiro atoms. The van der Waals surface area contributed by atoms with Crippen molar-refractivity contribution in [3.63, 3.8) is 0 Å². The van der Waals surface area contributed by atoms with E-state index in [4.69, 9.17) is 5.73 Å². The van der Waals surface area contributed by atoms with Crippen LogP contribution >= 0.6 is 0 Å². The third-order valence-electron chi connectivity index (χ3n) is 3.96. The first kappa shape index (κ1) is 17.2. The molecule has 2 amide bonds. The van der Waals surface area contributed by atoms with Gasteiger partial charge < -0.3 is 16.4 Å². The minimum absolute atomic E-state index is 0.0538. The topological polar surface area (TPSA) is 84.2 Å². The number of carbonyl (C=O) groups excluding carboxylic acids is 2. The molecule has 0 aliphatic rings. The van der Waals surface area contributed by atoms with Crippen LogP contribution in [0.4, 0.5) is 11.4 Å². The molecule has 0 saturated carbocycles. The number of benzene rings is 1. The van der Waals surface area contributed by atoms with Gasteiger partial charge in [0.1, 0.15) is 0 Å². The number of anilines is 2. The van der Waals surface area contributed by atoms with Gasteiger partial charge in [-0.3, -0.25) is 9.59 Å². The Hall–Kier alpha value is -1.88. The molecule has 4 N–H and O–H groups in total. The lowest BCUT2D eigenvalue weighted by atomic mass is 9.86. The normalized spacial score (nSPS) is 13.4. The molecule has 5 nitrogen and oxygen atoms in total. The van der Waals surface area contributed by atoms with Crippen molar-refractivity contribution in [2.75, 3.05) is 17.2 Å². The molecule has 1 atom stereocenters. The first-order valence-electron chi connectivity index (χ1n) is 7.29. The molecule has 1 unspecified atom stereocenters. The monoisotopic (exact) mass is 291 g/mol. The molecule has 0 saturated heterocycles. The fourth-order valence-corrected chi connectivity index (χ4v) is 1.82. The van der Waals surface area contributed by atoms with Crippen LogP contribution in [-0.2, 0) is 9.59 Å². The van der Waals surface area contributed by atoms with E-state index in [-0.39, 0.29) is 11.8 Å². The van der Waals surface area contributed by atoms with Crippen molar-refractivity contribution in [3.8, 4) is 0 Å². The van der Waals surface area contributed by atoms with Crippen molar-refractivity contribution in [3.05, 3.63) is 23.8 Å². The van der Waals surface area contributed by atoms with Gasteiger partial charge in [-0.05, 0) is 38.0 Å². The Balaban J connectivity index is 2.97. The average Bonchev–Trinajstić information content (AvgIpc) is 2.50. The zero-order valence-electron chi connectivity index (χ0n) is 13.2. The molecule has 21 heavy (non-hydrogen) atoms. The summed E-state index contributed by atoms with van der Waals surface area (Å²) in [5.41, 5.74) is 7.36. The van der Waals surface area contributed by atoms with Crippen LogP contribution in [0.1, 0.15) is 39.2 Å². The van der Waals surface area contributed by atoms with Crippen LogP contribution in [0.15, 0.2) is 18.2 Å². The van der Waals surface area contributed by atoms with E-state index in [1.54, 1.807) is 13.0 Å². The highest BCUT2D eigenvalue weighted by molar-refractivity contribution is 5.98. The van der Waals surface area contributed by atoms with E-state index in [1.807, 2.05) is 32.9 Å². The van der Waals surface area contributed by atoms with Crippen molar-refractivity contribution in [1.29, 1.82) is 0 Å². The highest BCUT2D eigenvalue weighted by Crippen LogP contribution is 2.27. The Kier molecular flexibility index (Phi) is 5.90. The molecule has 5 heteroatoms. The molecule has 1 aromatic rings. The van der Waals surface area contributed by atoms with Crippen molar-refractivity contribution in [2.24, 2.45) is 11.1 Å². The molecule has 116 valence electrons. The number of hydrogen-bond donors (Lipinski definition) is 3. The third kappa shape index (κ3) is 4.04. The van der Waals surface area contributed by atoms with Crippen LogP contribution in [0.5, 0.6) is 0 Å². The van der Waals surface area contributed by atoms with Gasteiger partial charge in [0.15, 0.2) is 0 Å². The second kappa shape index (κ2) is 7.22. The van der Waals surface area contributed by atoms with Gasteiger partial charge in [-0.2, -0.15) is 0 Å². The lowest BCUT2D eigenvalue weighted by molar-refractivity contribution is -0.124. The predicted molar refractivity (Wildman–Crippen MR) is 86.2 cm³/mol. The minimum atomic E-state index is -0.588. The van der Waals surface area contributed by atoms with E-state index in [9.17, 15) is 9.59 Å². The highest BCUT2D eigenvalue weighted by atomic mass is 16.2. The average molecular weight is 291 g/mol. The van der Waals surface area contributed by atoms with Crippen LogP contribution in [0, 0.1) is 12.3 Å². The first-order valence-corrected chi connectivity index (χ1v) is 7.29. The van der Waals surface area contributed by atoms with Crippen LogP contribution in [0.3, 0.4) is 0 Å². The second-order valence-electron chi connectivity index (χ2n) is 5.45. The number of rotatable bonds is 6. The van der Waals surface area contributed by atoms with Crippen molar-refractivity contribution >= 4 is 23.2 Å².